The molecule has 10 heteroatoms. The average Bonchev–Trinajstić information content (AvgIpc) is 2.99. The Bertz CT molecular complexity index is 1030. The van der Waals surface area contributed by atoms with Gasteiger partial charge in [-0.3, -0.25) is 9.78 Å². The third-order valence-electron chi connectivity index (χ3n) is 6.49. The van der Waals surface area contributed by atoms with E-state index in [4.69, 9.17) is 29.0 Å². The van der Waals surface area contributed by atoms with Crippen molar-refractivity contribution in [2.24, 2.45) is 0 Å². The second-order valence-electron chi connectivity index (χ2n) is 10.5. The summed E-state index contributed by atoms with van der Waals surface area (Å²) >= 11 is 0. The molecule has 2 rings (SSSR count). The molecule has 0 N–H and O–H groups in total. The SMILES string of the molecule is [CH2]CCOCCCOCC[C](OOC(=O)c1ccc([Si](C)(C)C=C)cc1)OOC(=O)c1ccc([Si](C)(C)C=C)cc1. The van der Waals surface area contributed by atoms with Crippen molar-refractivity contribution in [2.45, 2.75) is 45.5 Å². The Hall–Kier alpha value is -2.87. The largest absolute Gasteiger partial charge is 0.381 e. The van der Waals surface area contributed by atoms with E-state index >= 15 is 0 Å². The quantitative estimate of drug-likeness (QED) is 0.0923. The molecule has 8 nitrogen and oxygen atoms in total. The molecule has 41 heavy (non-hydrogen) atoms. The number of carbonyl (C=O) groups is 2. The Kier molecular flexibility index (Phi) is 14.4. The van der Waals surface area contributed by atoms with E-state index in [-0.39, 0.29) is 19.3 Å². The van der Waals surface area contributed by atoms with Crippen LogP contribution in [0.15, 0.2) is 73.1 Å². The third kappa shape index (κ3) is 11.5. The topological polar surface area (TPSA) is 89.5 Å². The molecule has 0 aliphatic rings. The molecule has 0 aliphatic heterocycles. The lowest BCUT2D eigenvalue weighted by Gasteiger charge is -2.18. The number of rotatable bonds is 19. The highest BCUT2D eigenvalue weighted by molar-refractivity contribution is 6.94. The Morgan fingerprint density at radius 3 is 1.46 bits per heavy atom. The molecule has 0 aromatic heterocycles. The van der Waals surface area contributed by atoms with Gasteiger partial charge in [0.05, 0.1) is 17.7 Å². The van der Waals surface area contributed by atoms with E-state index in [1.165, 1.54) is 0 Å². The number of hydrogen-bond donors (Lipinski definition) is 0. The van der Waals surface area contributed by atoms with E-state index in [2.05, 4.69) is 46.3 Å². The summed E-state index contributed by atoms with van der Waals surface area (Å²) in [6, 6.07) is 14.2. The molecule has 0 saturated carbocycles. The molecule has 0 heterocycles. The summed E-state index contributed by atoms with van der Waals surface area (Å²) in [5.74, 6) is -1.45. The van der Waals surface area contributed by atoms with Crippen LogP contribution < -0.4 is 10.4 Å². The van der Waals surface area contributed by atoms with Crippen LogP contribution in [0.4, 0.5) is 0 Å². The van der Waals surface area contributed by atoms with Gasteiger partial charge in [0.25, 0.3) is 0 Å². The van der Waals surface area contributed by atoms with Crippen LogP contribution in [0.25, 0.3) is 0 Å². The Labute approximate surface area is 246 Å². The van der Waals surface area contributed by atoms with Gasteiger partial charge in [-0.05, 0) is 37.1 Å². The molecule has 0 spiro atoms. The molecular formula is C31H42O8Si2. The predicted molar refractivity (Wildman–Crippen MR) is 165 cm³/mol. The van der Waals surface area contributed by atoms with Crippen LogP contribution in [0, 0.1) is 13.2 Å². The van der Waals surface area contributed by atoms with Crippen LogP contribution >= 0.6 is 0 Å². The molecule has 0 bridgehead atoms. The van der Waals surface area contributed by atoms with E-state index in [0.717, 1.165) is 10.4 Å². The van der Waals surface area contributed by atoms with Crippen molar-refractivity contribution in [2.75, 3.05) is 26.4 Å². The minimum Gasteiger partial charge on any atom is -0.381 e. The van der Waals surface area contributed by atoms with Crippen molar-refractivity contribution in [1.82, 2.24) is 0 Å². The smallest absolute Gasteiger partial charge is 0.373 e. The maximum absolute atomic E-state index is 12.6. The van der Waals surface area contributed by atoms with Gasteiger partial charge in [0.1, 0.15) is 16.1 Å². The van der Waals surface area contributed by atoms with Gasteiger partial charge in [-0.25, -0.2) is 9.59 Å². The summed E-state index contributed by atoms with van der Waals surface area (Å²) < 4.78 is 10.9. The van der Waals surface area contributed by atoms with Gasteiger partial charge >= 0.3 is 18.2 Å². The normalized spacial score (nSPS) is 11.8. The first kappa shape index (κ1) is 34.3. The number of benzene rings is 2. The van der Waals surface area contributed by atoms with Crippen molar-refractivity contribution in [3.63, 3.8) is 0 Å². The van der Waals surface area contributed by atoms with Gasteiger partial charge in [-0.1, -0.05) is 79.1 Å². The fourth-order valence-electron chi connectivity index (χ4n) is 3.39. The van der Waals surface area contributed by atoms with E-state index in [0.29, 0.717) is 43.8 Å². The molecule has 222 valence electrons. The summed E-state index contributed by atoms with van der Waals surface area (Å²) in [5.41, 5.74) is 4.53. The molecule has 2 aromatic rings. The molecule has 0 unspecified atom stereocenters. The average molecular weight is 599 g/mol. The second-order valence-corrected chi connectivity index (χ2v) is 19.3. The molecular weight excluding hydrogens is 557 g/mol. The van der Waals surface area contributed by atoms with Crippen molar-refractivity contribution in [3.8, 4) is 0 Å². The molecule has 0 fully saturated rings. The number of ether oxygens (including phenoxy) is 2. The van der Waals surface area contributed by atoms with Gasteiger partial charge in [0.15, 0.2) is 0 Å². The molecule has 2 aromatic carbocycles. The highest BCUT2D eigenvalue weighted by Gasteiger charge is 2.24. The van der Waals surface area contributed by atoms with Crippen LogP contribution in [0.3, 0.4) is 0 Å². The van der Waals surface area contributed by atoms with E-state index in [1.807, 2.05) is 35.7 Å². The van der Waals surface area contributed by atoms with Crippen LogP contribution in [0.1, 0.15) is 40.0 Å². The summed E-state index contributed by atoms with van der Waals surface area (Å²) in [6.07, 6.45) is 1.22. The Morgan fingerprint density at radius 1 is 0.659 bits per heavy atom. The van der Waals surface area contributed by atoms with Gasteiger partial charge in [0, 0.05) is 26.2 Å². The monoisotopic (exact) mass is 598 g/mol. The van der Waals surface area contributed by atoms with Crippen LogP contribution in [0.5, 0.6) is 0 Å². The summed E-state index contributed by atoms with van der Waals surface area (Å²) in [6.45, 7) is 22.0. The fraction of sp³-hybridized carbons (Fsp3) is 0.355. The minimum absolute atomic E-state index is 0.0520. The molecule has 0 aliphatic carbocycles. The highest BCUT2D eigenvalue weighted by Crippen LogP contribution is 2.16. The maximum atomic E-state index is 12.6. The van der Waals surface area contributed by atoms with Crippen LogP contribution in [-0.4, -0.2) is 54.5 Å². The Balaban J connectivity index is 1.96. The van der Waals surface area contributed by atoms with E-state index in [9.17, 15) is 9.59 Å². The second kappa shape index (κ2) is 17.2. The molecule has 2 radical (unpaired) electrons. The van der Waals surface area contributed by atoms with E-state index in [1.54, 1.807) is 24.3 Å². The lowest BCUT2D eigenvalue weighted by molar-refractivity contribution is -0.364. The third-order valence-corrected chi connectivity index (χ3v) is 12.2. The highest BCUT2D eigenvalue weighted by atomic mass is 28.3. The zero-order chi connectivity index (χ0) is 30.3. The van der Waals surface area contributed by atoms with E-state index < -0.39 is 28.1 Å². The summed E-state index contributed by atoms with van der Waals surface area (Å²) in [7, 11) is -3.52. The van der Waals surface area contributed by atoms with Gasteiger partial charge < -0.3 is 9.47 Å². The first-order chi connectivity index (χ1) is 19.5. The Morgan fingerprint density at radius 2 is 1.07 bits per heavy atom. The minimum atomic E-state index is -1.76. The van der Waals surface area contributed by atoms with Crippen molar-refractivity contribution in [3.05, 3.63) is 97.4 Å². The van der Waals surface area contributed by atoms with Crippen molar-refractivity contribution < 1.29 is 38.6 Å². The van der Waals surface area contributed by atoms with Gasteiger partial charge in [-0.2, -0.15) is 0 Å². The zero-order valence-electron chi connectivity index (χ0n) is 24.6. The molecule has 0 saturated heterocycles. The molecule has 0 amide bonds. The summed E-state index contributed by atoms with van der Waals surface area (Å²) in [4.78, 5) is 45.4. The van der Waals surface area contributed by atoms with Crippen molar-refractivity contribution >= 4 is 38.5 Å². The summed E-state index contributed by atoms with van der Waals surface area (Å²) in [5, 5.41) is 2.26. The van der Waals surface area contributed by atoms with Gasteiger partial charge in [0.2, 0.25) is 0 Å². The lowest BCUT2D eigenvalue weighted by Crippen LogP contribution is -2.39. The van der Waals surface area contributed by atoms with Crippen LogP contribution in [0.2, 0.25) is 26.2 Å². The number of hydrogen-bond acceptors (Lipinski definition) is 8. The van der Waals surface area contributed by atoms with Crippen LogP contribution in [-0.2, 0) is 29.0 Å². The maximum Gasteiger partial charge on any atom is 0.373 e. The molecule has 0 atom stereocenters. The first-order valence-corrected chi connectivity index (χ1v) is 19.8. The fourth-order valence-corrected chi connectivity index (χ4v) is 5.92. The van der Waals surface area contributed by atoms with Crippen molar-refractivity contribution in [1.29, 1.82) is 0 Å². The zero-order valence-corrected chi connectivity index (χ0v) is 26.6. The number of carbonyl (C=O) groups excluding carboxylic acids is 2. The lowest BCUT2D eigenvalue weighted by atomic mass is 10.2. The standard InChI is InChI=1S/C31H42O8Si2/c1-8-21-34-22-11-23-35-24-20-29(36-38-30(32)25-12-16-27(17-13-25)40(4,5)9-2)37-39-31(33)26-14-18-28(19-15-26)41(6,7)10-3/h9-10,12-19H,1-3,8,11,20-24H2,4-7H3. The predicted octanol–water partition coefficient (Wildman–Crippen LogP) is 5.37. The van der Waals surface area contributed by atoms with Gasteiger partial charge in [-0.15, -0.1) is 22.9 Å². The first-order valence-electron chi connectivity index (χ1n) is 13.6.